The van der Waals surface area contributed by atoms with Gasteiger partial charge in [0.2, 0.25) is 0 Å². The van der Waals surface area contributed by atoms with Crippen LogP contribution in [0.25, 0.3) is 11.0 Å². The highest BCUT2D eigenvalue weighted by Gasteiger charge is 2.20. The van der Waals surface area contributed by atoms with E-state index < -0.39 is 0 Å². The molecule has 1 aromatic carbocycles. The summed E-state index contributed by atoms with van der Waals surface area (Å²) in [7, 11) is 3.99. The van der Waals surface area contributed by atoms with Crippen molar-refractivity contribution in [2.24, 2.45) is 0 Å². The highest BCUT2D eigenvalue weighted by Crippen LogP contribution is 2.26. The Morgan fingerprint density at radius 2 is 1.92 bits per heavy atom. The van der Waals surface area contributed by atoms with Crippen LogP contribution in [0.2, 0.25) is 0 Å². The average Bonchev–Trinajstić information content (AvgIpc) is 2.94. The van der Waals surface area contributed by atoms with Crippen LogP contribution in [0.1, 0.15) is 16.1 Å². The number of nitrogens with one attached hydrogen (secondary N) is 2. The van der Waals surface area contributed by atoms with Gasteiger partial charge >= 0.3 is 0 Å². The van der Waals surface area contributed by atoms with Crippen LogP contribution >= 0.6 is 24.8 Å². The fourth-order valence-electron chi connectivity index (χ4n) is 3.10. The number of hydrogen-bond acceptors (Lipinski definition) is 5. The van der Waals surface area contributed by atoms with Gasteiger partial charge in [0.05, 0.1) is 0 Å². The van der Waals surface area contributed by atoms with Gasteiger partial charge in [0, 0.05) is 56.8 Å². The van der Waals surface area contributed by atoms with Crippen molar-refractivity contribution in [3.8, 4) is 0 Å². The van der Waals surface area contributed by atoms with Crippen molar-refractivity contribution in [2.75, 3.05) is 53.4 Å². The van der Waals surface area contributed by atoms with E-state index in [1.165, 1.54) is 0 Å². The van der Waals surface area contributed by atoms with Gasteiger partial charge in [0.1, 0.15) is 5.58 Å². The lowest BCUT2D eigenvalue weighted by Gasteiger charge is -2.27. The standard InChI is InChI=1S/C18H26N4O2.2ClH/c1-21(2)13-15-14-5-3-4-6-16(14)24-17(15)18(23)20-9-12-22-10-7-19-8-11-22;;/h3-6,19H,7-13H2,1-2H3,(H,20,23);2*1H. The van der Waals surface area contributed by atoms with Gasteiger partial charge in [0.25, 0.3) is 5.91 Å². The number of para-hydroxylation sites is 1. The van der Waals surface area contributed by atoms with Gasteiger partial charge in [-0.3, -0.25) is 9.69 Å². The third kappa shape index (κ3) is 5.59. The van der Waals surface area contributed by atoms with Crippen LogP contribution in [0.3, 0.4) is 0 Å². The van der Waals surface area contributed by atoms with E-state index in [4.69, 9.17) is 4.42 Å². The van der Waals surface area contributed by atoms with E-state index in [9.17, 15) is 4.79 Å². The number of amides is 1. The maximum absolute atomic E-state index is 12.6. The van der Waals surface area contributed by atoms with Crippen LogP contribution in [0.5, 0.6) is 0 Å². The maximum Gasteiger partial charge on any atom is 0.287 e. The molecule has 2 aromatic rings. The largest absolute Gasteiger partial charge is 0.451 e. The number of carbonyl (C=O) groups excluding carboxylic acids is 1. The zero-order valence-electron chi connectivity index (χ0n) is 15.3. The van der Waals surface area contributed by atoms with Crippen molar-refractivity contribution in [3.05, 3.63) is 35.6 Å². The second-order valence-corrected chi connectivity index (χ2v) is 6.49. The van der Waals surface area contributed by atoms with Crippen molar-refractivity contribution in [3.63, 3.8) is 0 Å². The lowest BCUT2D eigenvalue weighted by atomic mass is 10.1. The van der Waals surface area contributed by atoms with Crippen LogP contribution in [0.15, 0.2) is 28.7 Å². The second kappa shape index (κ2) is 10.7. The number of piperazine rings is 1. The Morgan fingerprint density at radius 1 is 1.23 bits per heavy atom. The molecule has 2 N–H and O–H groups in total. The number of halogens is 2. The van der Waals surface area contributed by atoms with Gasteiger partial charge in [0.15, 0.2) is 5.76 Å². The molecule has 0 radical (unpaired) electrons. The zero-order valence-corrected chi connectivity index (χ0v) is 16.9. The predicted molar refractivity (Wildman–Crippen MR) is 110 cm³/mol. The monoisotopic (exact) mass is 402 g/mol. The summed E-state index contributed by atoms with van der Waals surface area (Å²) in [6.07, 6.45) is 0. The summed E-state index contributed by atoms with van der Waals surface area (Å²) in [6, 6.07) is 7.82. The molecule has 0 atom stereocenters. The summed E-state index contributed by atoms with van der Waals surface area (Å²) < 4.78 is 5.84. The van der Waals surface area contributed by atoms with Crippen LogP contribution in [0, 0.1) is 0 Å². The molecular formula is C18H28Cl2N4O2. The Morgan fingerprint density at radius 3 is 2.62 bits per heavy atom. The molecule has 8 heteroatoms. The second-order valence-electron chi connectivity index (χ2n) is 6.49. The molecule has 3 rings (SSSR count). The number of nitrogens with zero attached hydrogens (tertiary/aromatic N) is 2. The van der Waals surface area contributed by atoms with Gasteiger partial charge in [-0.25, -0.2) is 0 Å². The van der Waals surface area contributed by atoms with E-state index in [1.807, 2.05) is 38.4 Å². The third-order valence-corrected chi connectivity index (χ3v) is 4.30. The van der Waals surface area contributed by atoms with E-state index in [0.717, 1.165) is 49.3 Å². The number of rotatable bonds is 6. The van der Waals surface area contributed by atoms with Crippen molar-refractivity contribution in [1.29, 1.82) is 0 Å². The molecule has 26 heavy (non-hydrogen) atoms. The molecule has 0 spiro atoms. The van der Waals surface area contributed by atoms with Crippen molar-refractivity contribution < 1.29 is 9.21 Å². The van der Waals surface area contributed by atoms with Crippen molar-refractivity contribution in [2.45, 2.75) is 6.54 Å². The van der Waals surface area contributed by atoms with E-state index >= 15 is 0 Å². The molecule has 1 amide bonds. The minimum Gasteiger partial charge on any atom is -0.451 e. The topological polar surface area (TPSA) is 60.8 Å². The Hall–Kier alpha value is -1.31. The Bertz CT molecular complexity index is 700. The minimum atomic E-state index is -0.127. The van der Waals surface area contributed by atoms with E-state index in [-0.39, 0.29) is 30.7 Å². The Labute approximate surface area is 167 Å². The Balaban J connectivity index is 0.00000169. The minimum absolute atomic E-state index is 0. The summed E-state index contributed by atoms with van der Waals surface area (Å²) in [6.45, 7) is 6.29. The molecule has 1 aliphatic heterocycles. The SMILES string of the molecule is CN(C)Cc1c(C(=O)NCCN2CCNCC2)oc2ccccc12.Cl.Cl. The van der Waals surface area contributed by atoms with E-state index in [0.29, 0.717) is 18.8 Å². The van der Waals surface area contributed by atoms with Gasteiger partial charge < -0.3 is 20.0 Å². The molecule has 0 bridgehead atoms. The van der Waals surface area contributed by atoms with Gasteiger partial charge in [-0.15, -0.1) is 24.8 Å². The molecule has 146 valence electrons. The lowest BCUT2D eigenvalue weighted by Crippen LogP contribution is -2.46. The van der Waals surface area contributed by atoms with Crippen LogP contribution in [-0.4, -0.2) is 69.1 Å². The first-order valence-corrected chi connectivity index (χ1v) is 8.51. The molecular weight excluding hydrogens is 375 g/mol. The van der Waals surface area contributed by atoms with Gasteiger partial charge in [-0.1, -0.05) is 18.2 Å². The normalized spacial score (nSPS) is 14.7. The summed E-state index contributed by atoms with van der Waals surface area (Å²) in [5, 5.41) is 7.35. The van der Waals surface area contributed by atoms with Crippen molar-refractivity contribution in [1.82, 2.24) is 20.4 Å². The molecule has 6 nitrogen and oxygen atoms in total. The molecule has 0 unspecified atom stereocenters. The number of fused-ring (bicyclic) bond motifs is 1. The van der Waals surface area contributed by atoms with Gasteiger partial charge in [-0.05, 0) is 20.2 Å². The Kier molecular flexibility index (Phi) is 9.39. The summed E-state index contributed by atoms with van der Waals surface area (Å²) in [5.41, 5.74) is 1.72. The van der Waals surface area contributed by atoms with Gasteiger partial charge in [-0.2, -0.15) is 0 Å². The van der Waals surface area contributed by atoms with Crippen LogP contribution < -0.4 is 10.6 Å². The maximum atomic E-state index is 12.6. The van der Waals surface area contributed by atoms with E-state index in [2.05, 4.69) is 20.4 Å². The molecule has 1 fully saturated rings. The van der Waals surface area contributed by atoms with Crippen molar-refractivity contribution >= 4 is 41.7 Å². The lowest BCUT2D eigenvalue weighted by molar-refractivity contribution is 0.0919. The molecule has 1 saturated heterocycles. The average molecular weight is 403 g/mol. The first-order valence-electron chi connectivity index (χ1n) is 8.51. The predicted octanol–water partition coefficient (Wildman–Crippen LogP) is 1.97. The molecule has 1 aromatic heterocycles. The highest BCUT2D eigenvalue weighted by atomic mass is 35.5. The number of hydrogen-bond donors (Lipinski definition) is 2. The summed E-state index contributed by atoms with van der Waals surface area (Å²) in [5.74, 6) is 0.309. The first-order chi connectivity index (χ1) is 11.6. The fourth-order valence-corrected chi connectivity index (χ4v) is 3.10. The molecule has 1 aliphatic rings. The summed E-state index contributed by atoms with van der Waals surface area (Å²) in [4.78, 5) is 17.0. The smallest absolute Gasteiger partial charge is 0.287 e. The molecule has 0 aliphatic carbocycles. The molecule has 0 saturated carbocycles. The first kappa shape index (κ1) is 22.7. The number of benzene rings is 1. The highest BCUT2D eigenvalue weighted by molar-refractivity contribution is 5.99. The number of furan rings is 1. The zero-order chi connectivity index (χ0) is 16.9. The van der Waals surface area contributed by atoms with E-state index in [1.54, 1.807) is 0 Å². The van der Waals surface area contributed by atoms with Crippen LogP contribution in [0.4, 0.5) is 0 Å². The third-order valence-electron chi connectivity index (χ3n) is 4.30. The number of carbonyl (C=O) groups is 1. The molecule has 2 heterocycles. The quantitative estimate of drug-likeness (QED) is 0.773. The summed E-state index contributed by atoms with van der Waals surface area (Å²) >= 11 is 0. The fraction of sp³-hybridized carbons (Fsp3) is 0.500. The van der Waals surface area contributed by atoms with Crippen LogP contribution in [-0.2, 0) is 6.54 Å².